The van der Waals surface area contributed by atoms with E-state index in [4.69, 9.17) is 9.47 Å². The van der Waals surface area contributed by atoms with Crippen molar-refractivity contribution in [1.82, 2.24) is 5.43 Å². The quantitative estimate of drug-likeness (QED) is 0.516. The molecular weight excluding hydrogens is 344 g/mol. The molecule has 3 rings (SSSR count). The van der Waals surface area contributed by atoms with Crippen LogP contribution in [0.5, 0.6) is 17.2 Å². The largest absolute Gasteiger partial charge is 0.507 e. The molecule has 0 heterocycles. The van der Waals surface area contributed by atoms with Crippen LogP contribution in [0, 0.1) is 0 Å². The number of hydrazone groups is 1. The first kappa shape index (κ1) is 18.3. The van der Waals surface area contributed by atoms with Crippen LogP contribution < -0.4 is 14.9 Å². The molecule has 0 saturated carbocycles. The molecule has 27 heavy (non-hydrogen) atoms. The number of methoxy groups -OCH3 is 1. The average molecular weight is 364 g/mol. The van der Waals surface area contributed by atoms with E-state index in [0.717, 1.165) is 16.3 Å². The van der Waals surface area contributed by atoms with Gasteiger partial charge in [0.1, 0.15) is 5.75 Å². The zero-order valence-corrected chi connectivity index (χ0v) is 15.1. The Morgan fingerprint density at radius 1 is 1.11 bits per heavy atom. The number of nitrogens with one attached hydrogen (secondary N) is 1. The number of ether oxygens (including phenoxy) is 2. The number of aromatic hydroxyl groups is 1. The van der Waals surface area contributed by atoms with Gasteiger partial charge in [-0.25, -0.2) is 5.43 Å². The lowest BCUT2D eigenvalue weighted by molar-refractivity contribution is 0.0952. The molecule has 3 aromatic carbocycles. The summed E-state index contributed by atoms with van der Waals surface area (Å²) in [4.78, 5) is 12.3. The molecule has 0 aliphatic rings. The number of fused-ring (bicyclic) bond motifs is 1. The molecular formula is C21H20N2O4. The minimum atomic E-state index is -0.493. The van der Waals surface area contributed by atoms with E-state index in [1.54, 1.807) is 37.4 Å². The van der Waals surface area contributed by atoms with E-state index in [9.17, 15) is 9.90 Å². The van der Waals surface area contributed by atoms with Crippen LogP contribution in [0.4, 0.5) is 0 Å². The van der Waals surface area contributed by atoms with Gasteiger partial charge in [-0.2, -0.15) is 5.10 Å². The third kappa shape index (κ3) is 4.17. The lowest BCUT2D eigenvalue weighted by atomic mass is 10.1. The SMILES string of the molecule is CCOc1cc(/C=N\NC(=O)c2cc3ccccc3cc2O)ccc1OC. The Hall–Kier alpha value is -3.54. The van der Waals surface area contributed by atoms with Crippen LogP contribution in [-0.4, -0.2) is 30.9 Å². The van der Waals surface area contributed by atoms with Gasteiger partial charge in [0.05, 0.1) is 25.5 Å². The first-order chi connectivity index (χ1) is 13.1. The number of hydrogen-bond donors (Lipinski definition) is 2. The molecule has 0 atom stereocenters. The van der Waals surface area contributed by atoms with E-state index in [1.165, 1.54) is 6.21 Å². The fourth-order valence-electron chi connectivity index (χ4n) is 2.68. The molecule has 0 saturated heterocycles. The fourth-order valence-corrected chi connectivity index (χ4v) is 2.68. The second kappa shape index (κ2) is 8.23. The molecule has 0 aliphatic carbocycles. The van der Waals surface area contributed by atoms with Gasteiger partial charge in [0, 0.05) is 0 Å². The Bertz CT molecular complexity index is 999. The average Bonchev–Trinajstić information content (AvgIpc) is 2.68. The van der Waals surface area contributed by atoms with Gasteiger partial charge in [-0.1, -0.05) is 24.3 Å². The topological polar surface area (TPSA) is 80.2 Å². The van der Waals surface area contributed by atoms with Crippen molar-refractivity contribution in [3.05, 3.63) is 65.7 Å². The van der Waals surface area contributed by atoms with Crippen molar-refractivity contribution in [3.8, 4) is 17.2 Å². The number of phenols is 1. The number of benzene rings is 3. The van der Waals surface area contributed by atoms with Gasteiger partial charge in [0.15, 0.2) is 11.5 Å². The Morgan fingerprint density at radius 2 is 1.85 bits per heavy atom. The maximum absolute atomic E-state index is 12.3. The summed E-state index contributed by atoms with van der Waals surface area (Å²) in [5, 5.41) is 15.8. The second-order valence-electron chi connectivity index (χ2n) is 5.76. The van der Waals surface area contributed by atoms with E-state index in [2.05, 4.69) is 10.5 Å². The van der Waals surface area contributed by atoms with Crippen molar-refractivity contribution in [3.63, 3.8) is 0 Å². The van der Waals surface area contributed by atoms with Crippen LogP contribution in [0.15, 0.2) is 59.7 Å². The van der Waals surface area contributed by atoms with Gasteiger partial charge < -0.3 is 14.6 Å². The molecule has 0 radical (unpaired) electrons. The van der Waals surface area contributed by atoms with E-state index in [-0.39, 0.29) is 11.3 Å². The summed E-state index contributed by atoms with van der Waals surface area (Å²) in [5.74, 6) is 0.638. The van der Waals surface area contributed by atoms with Crippen LogP contribution in [0.3, 0.4) is 0 Å². The van der Waals surface area contributed by atoms with Crippen molar-refractivity contribution >= 4 is 22.9 Å². The van der Waals surface area contributed by atoms with E-state index >= 15 is 0 Å². The molecule has 6 nitrogen and oxygen atoms in total. The van der Waals surface area contributed by atoms with Crippen molar-refractivity contribution in [1.29, 1.82) is 0 Å². The van der Waals surface area contributed by atoms with Crippen LogP contribution >= 0.6 is 0 Å². The molecule has 0 unspecified atom stereocenters. The van der Waals surface area contributed by atoms with Gasteiger partial charge >= 0.3 is 0 Å². The molecule has 0 aromatic heterocycles. The monoisotopic (exact) mass is 364 g/mol. The highest BCUT2D eigenvalue weighted by atomic mass is 16.5. The maximum atomic E-state index is 12.3. The van der Waals surface area contributed by atoms with E-state index < -0.39 is 5.91 Å². The Balaban J connectivity index is 1.75. The molecule has 0 aliphatic heterocycles. The third-order valence-electron chi connectivity index (χ3n) is 3.98. The normalized spacial score (nSPS) is 10.9. The number of rotatable bonds is 6. The van der Waals surface area contributed by atoms with Gasteiger partial charge in [-0.15, -0.1) is 0 Å². The number of carbonyl (C=O) groups excluding carboxylic acids is 1. The zero-order valence-electron chi connectivity index (χ0n) is 15.1. The molecule has 0 spiro atoms. The predicted octanol–water partition coefficient (Wildman–Crippen LogP) is 3.72. The smallest absolute Gasteiger partial charge is 0.275 e. The molecule has 138 valence electrons. The number of carbonyl (C=O) groups is 1. The van der Waals surface area contributed by atoms with Crippen LogP contribution in [0.25, 0.3) is 10.8 Å². The summed E-state index contributed by atoms with van der Waals surface area (Å²) < 4.78 is 10.7. The van der Waals surface area contributed by atoms with Crippen LogP contribution in [-0.2, 0) is 0 Å². The highest BCUT2D eigenvalue weighted by molar-refractivity contribution is 6.01. The van der Waals surface area contributed by atoms with Crippen LogP contribution in [0.1, 0.15) is 22.8 Å². The first-order valence-electron chi connectivity index (χ1n) is 8.48. The maximum Gasteiger partial charge on any atom is 0.275 e. The Labute approximate surface area is 157 Å². The molecule has 0 fully saturated rings. The zero-order chi connectivity index (χ0) is 19.2. The predicted molar refractivity (Wildman–Crippen MR) is 105 cm³/mol. The number of amides is 1. The second-order valence-corrected chi connectivity index (χ2v) is 5.76. The summed E-state index contributed by atoms with van der Waals surface area (Å²) in [7, 11) is 1.57. The molecule has 0 bridgehead atoms. The van der Waals surface area contributed by atoms with E-state index in [0.29, 0.717) is 18.1 Å². The lowest BCUT2D eigenvalue weighted by Gasteiger charge is -2.09. The summed E-state index contributed by atoms with van der Waals surface area (Å²) >= 11 is 0. The van der Waals surface area contributed by atoms with Gasteiger partial charge in [0.25, 0.3) is 5.91 Å². The highest BCUT2D eigenvalue weighted by Crippen LogP contribution is 2.27. The van der Waals surface area contributed by atoms with Crippen LogP contribution in [0.2, 0.25) is 0 Å². The van der Waals surface area contributed by atoms with Crippen molar-refractivity contribution < 1.29 is 19.4 Å². The molecule has 6 heteroatoms. The molecule has 1 amide bonds. The number of nitrogens with zero attached hydrogens (tertiary/aromatic N) is 1. The van der Waals surface area contributed by atoms with Crippen molar-refractivity contribution in [2.45, 2.75) is 6.92 Å². The first-order valence-corrected chi connectivity index (χ1v) is 8.48. The standard InChI is InChI=1S/C21H20N2O4/c1-3-27-20-10-14(8-9-19(20)26-2)13-22-23-21(25)17-11-15-6-4-5-7-16(15)12-18(17)24/h4-13,24H,3H2,1-2H3,(H,23,25)/b22-13-. The number of phenolic OH excluding ortho intramolecular Hbond substituents is 1. The fraction of sp³-hybridized carbons (Fsp3) is 0.143. The number of hydrogen-bond acceptors (Lipinski definition) is 5. The third-order valence-corrected chi connectivity index (χ3v) is 3.98. The molecule has 3 aromatic rings. The van der Waals surface area contributed by atoms with Crippen molar-refractivity contribution in [2.75, 3.05) is 13.7 Å². The highest BCUT2D eigenvalue weighted by Gasteiger charge is 2.12. The Morgan fingerprint density at radius 3 is 2.56 bits per heavy atom. The summed E-state index contributed by atoms with van der Waals surface area (Å²) in [6, 6.07) is 16.0. The summed E-state index contributed by atoms with van der Waals surface area (Å²) in [6.45, 7) is 2.39. The van der Waals surface area contributed by atoms with E-state index in [1.807, 2.05) is 31.2 Å². The molecule has 2 N–H and O–H groups in total. The van der Waals surface area contributed by atoms with Gasteiger partial charge in [0.2, 0.25) is 0 Å². The minimum Gasteiger partial charge on any atom is -0.507 e. The lowest BCUT2D eigenvalue weighted by Crippen LogP contribution is -2.17. The van der Waals surface area contributed by atoms with Gasteiger partial charge in [-0.05, 0) is 53.6 Å². The Kier molecular flexibility index (Phi) is 5.56. The van der Waals surface area contributed by atoms with Crippen molar-refractivity contribution in [2.24, 2.45) is 5.10 Å². The minimum absolute atomic E-state index is 0.0931. The summed E-state index contributed by atoms with van der Waals surface area (Å²) in [6.07, 6.45) is 1.50. The summed E-state index contributed by atoms with van der Waals surface area (Å²) in [5.41, 5.74) is 3.33. The van der Waals surface area contributed by atoms with Gasteiger partial charge in [-0.3, -0.25) is 4.79 Å².